The van der Waals surface area contributed by atoms with Crippen molar-refractivity contribution in [2.45, 2.75) is 51.4 Å². The van der Waals surface area contributed by atoms with Gasteiger partial charge in [-0.1, -0.05) is 28.7 Å². The van der Waals surface area contributed by atoms with Crippen molar-refractivity contribution in [2.24, 2.45) is 0 Å². The maximum absolute atomic E-state index is 6.26. The Morgan fingerprint density at radius 2 is 2.00 bits per heavy atom. The number of hydrogen-bond donors (Lipinski definition) is 0. The van der Waals surface area contributed by atoms with Crippen LogP contribution in [0.4, 0.5) is 0 Å². The van der Waals surface area contributed by atoms with Crippen molar-refractivity contribution in [1.29, 1.82) is 0 Å². The second kappa shape index (κ2) is 7.30. The molecule has 4 heteroatoms. The summed E-state index contributed by atoms with van der Waals surface area (Å²) in [6.07, 6.45) is 5.23. The molecule has 0 saturated carbocycles. The van der Waals surface area contributed by atoms with Gasteiger partial charge in [-0.2, -0.15) is 0 Å². The van der Waals surface area contributed by atoms with Crippen molar-refractivity contribution in [1.82, 2.24) is 0 Å². The molecule has 0 spiro atoms. The molecule has 0 saturated heterocycles. The molecule has 1 nitrogen and oxygen atoms in total. The predicted octanol–water partition coefficient (Wildman–Crippen LogP) is 4.95. The zero-order chi connectivity index (χ0) is 11.9. The molecular weight excluding hydrogens is 339 g/mol. The van der Waals surface area contributed by atoms with Crippen molar-refractivity contribution in [2.75, 3.05) is 5.88 Å². The normalized spacial score (nSPS) is 16.9. The summed E-state index contributed by atoms with van der Waals surface area (Å²) in [6, 6.07) is 0. The van der Waals surface area contributed by atoms with E-state index in [4.69, 9.17) is 16.0 Å². The lowest BCUT2D eigenvalue weighted by Gasteiger charge is -2.35. The molecule has 0 fully saturated rings. The van der Waals surface area contributed by atoms with Crippen LogP contribution in [0.15, 0.2) is 10.2 Å². The van der Waals surface area contributed by atoms with Gasteiger partial charge in [-0.05, 0) is 49.9 Å². The van der Waals surface area contributed by atoms with Crippen molar-refractivity contribution in [3.05, 3.63) is 10.2 Å². The summed E-state index contributed by atoms with van der Waals surface area (Å²) in [4.78, 5) is 0. The third-order valence-corrected chi connectivity index (χ3v) is 3.91. The molecule has 0 bridgehead atoms. The van der Waals surface area contributed by atoms with Crippen LogP contribution in [-0.4, -0.2) is 19.8 Å². The van der Waals surface area contributed by atoms with E-state index in [0.29, 0.717) is 0 Å². The molecule has 0 N–H and O–H groups in total. The molecule has 0 aromatic rings. The lowest BCUT2D eigenvalue weighted by molar-refractivity contribution is 0.0736. The maximum Gasteiger partial charge on any atom is 0.184 e. The second-order valence-corrected chi connectivity index (χ2v) is 10.5. The van der Waals surface area contributed by atoms with Gasteiger partial charge in [-0.3, -0.25) is 0 Å². The molecule has 1 atom stereocenters. The lowest BCUT2D eigenvalue weighted by Crippen LogP contribution is -2.40. The number of rotatable bonds is 7. The highest BCUT2D eigenvalue weighted by Crippen LogP contribution is 2.27. The van der Waals surface area contributed by atoms with Crippen LogP contribution in [0.5, 0.6) is 0 Å². The first kappa shape index (κ1) is 15.9. The van der Waals surface area contributed by atoms with Crippen molar-refractivity contribution in [3.63, 3.8) is 0 Å². The summed E-state index contributed by atoms with van der Waals surface area (Å²) in [5, 5.41) is 0. The van der Waals surface area contributed by atoms with E-state index in [0.717, 1.165) is 25.1 Å². The SMILES string of the molecule is CC(C/C=C/I)(CCCCl)O[Si](C)(C)C. The summed E-state index contributed by atoms with van der Waals surface area (Å²) in [6.45, 7) is 8.91. The minimum Gasteiger partial charge on any atom is -0.412 e. The van der Waals surface area contributed by atoms with Gasteiger partial charge in [0.15, 0.2) is 8.32 Å². The fourth-order valence-electron chi connectivity index (χ4n) is 1.67. The minimum atomic E-state index is -1.47. The Morgan fingerprint density at radius 1 is 1.40 bits per heavy atom. The molecular formula is C11H22ClIOSi. The van der Waals surface area contributed by atoms with Gasteiger partial charge in [0.25, 0.3) is 0 Å². The third kappa shape index (κ3) is 8.71. The van der Waals surface area contributed by atoms with Gasteiger partial charge in [0.05, 0.1) is 5.60 Å². The van der Waals surface area contributed by atoms with Crippen LogP contribution >= 0.6 is 34.2 Å². The molecule has 0 aliphatic carbocycles. The quantitative estimate of drug-likeness (QED) is 0.354. The predicted molar refractivity (Wildman–Crippen MR) is 80.6 cm³/mol. The minimum absolute atomic E-state index is 0.0268. The van der Waals surface area contributed by atoms with E-state index in [1.54, 1.807) is 0 Å². The van der Waals surface area contributed by atoms with Crippen LogP contribution in [0.1, 0.15) is 26.2 Å². The van der Waals surface area contributed by atoms with Crippen LogP contribution in [0.25, 0.3) is 0 Å². The number of alkyl halides is 1. The molecule has 0 aromatic heterocycles. The monoisotopic (exact) mass is 360 g/mol. The van der Waals surface area contributed by atoms with E-state index >= 15 is 0 Å². The van der Waals surface area contributed by atoms with E-state index in [9.17, 15) is 0 Å². The molecule has 0 rings (SSSR count). The van der Waals surface area contributed by atoms with E-state index in [1.807, 2.05) is 0 Å². The van der Waals surface area contributed by atoms with Crippen LogP contribution in [0.3, 0.4) is 0 Å². The Balaban J connectivity index is 4.39. The molecule has 0 aromatic carbocycles. The maximum atomic E-state index is 6.26. The average molecular weight is 361 g/mol. The Labute approximate surface area is 114 Å². The van der Waals surface area contributed by atoms with E-state index < -0.39 is 8.32 Å². The zero-order valence-corrected chi connectivity index (χ0v) is 14.1. The first-order valence-electron chi connectivity index (χ1n) is 5.34. The Kier molecular flexibility index (Phi) is 7.76. The van der Waals surface area contributed by atoms with Gasteiger partial charge >= 0.3 is 0 Å². The number of hydrogen-bond acceptors (Lipinski definition) is 1. The molecule has 90 valence electrons. The van der Waals surface area contributed by atoms with E-state index in [-0.39, 0.29) is 5.60 Å². The molecule has 1 unspecified atom stereocenters. The lowest BCUT2D eigenvalue weighted by atomic mass is 9.97. The largest absolute Gasteiger partial charge is 0.412 e. The Bertz CT molecular complexity index is 203. The van der Waals surface area contributed by atoms with Gasteiger partial charge in [0.1, 0.15) is 0 Å². The standard InChI is InChI=1S/C11H22ClIOSi/c1-11(7-5-9-12,8-6-10-13)14-15(2,3)4/h6,10H,5,7-9H2,1-4H3/b10-6+. The van der Waals surface area contributed by atoms with Crippen LogP contribution in [0, 0.1) is 0 Å². The van der Waals surface area contributed by atoms with Gasteiger partial charge in [-0.15, -0.1) is 11.6 Å². The number of halogens is 2. The average Bonchev–Trinajstić information content (AvgIpc) is 2.09. The highest BCUT2D eigenvalue weighted by atomic mass is 127. The van der Waals surface area contributed by atoms with E-state index in [2.05, 4.69) is 59.3 Å². The summed E-state index contributed by atoms with van der Waals surface area (Å²) in [5.74, 6) is 0.721. The molecule has 0 aliphatic heterocycles. The molecule has 0 aliphatic rings. The summed E-state index contributed by atoms with van der Waals surface area (Å²) >= 11 is 8.00. The smallest absolute Gasteiger partial charge is 0.184 e. The summed E-state index contributed by atoms with van der Waals surface area (Å²) in [7, 11) is -1.47. The third-order valence-electron chi connectivity index (χ3n) is 2.03. The first-order chi connectivity index (χ1) is 6.83. The van der Waals surface area contributed by atoms with Crippen molar-refractivity contribution in [3.8, 4) is 0 Å². The van der Waals surface area contributed by atoms with Crippen molar-refractivity contribution < 1.29 is 4.43 Å². The van der Waals surface area contributed by atoms with Crippen molar-refractivity contribution >= 4 is 42.5 Å². The molecule has 0 radical (unpaired) electrons. The highest BCUT2D eigenvalue weighted by Gasteiger charge is 2.29. The fourth-order valence-corrected chi connectivity index (χ4v) is 3.72. The van der Waals surface area contributed by atoms with Gasteiger partial charge in [-0.25, -0.2) is 0 Å². The summed E-state index contributed by atoms with van der Waals surface area (Å²) < 4.78 is 8.31. The second-order valence-electron chi connectivity index (χ2n) is 5.02. The van der Waals surface area contributed by atoms with Gasteiger partial charge in [0, 0.05) is 5.88 Å². The Hall–Kier alpha value is 0.937. The fraction of sp³-hybridized carbons (Fsp3) is 0.818. The zero-order valence-electron chi connectivity index (χ0n) is 10.1. The topological polar surface area (TPSA) is 9.23 Å². The van der Waals surface area contributed by atoms with Crippen LogP contribution in [-0.2, 0) is 4.43 Å². The van der Waals surface area contributed by atoms with Gasteiger partial charge < -0.3 is 4.43 Å². The molecule has 0 amide bonds. The molecule has 0 heterocycles. The molecule has 15 heavy (non-hydrogen) atoms. The highest BCUT2D eigenvalue weighted by molar-refractivity contribution is 14.1. The van der Waals surface area contributed by atoms with E-state index in [1.165, 1.54) is 0 Å². The van der Waals surface area contributed by atoms with Crippen LogP contribution in [0.2, 0.25) is 19.6 Å². The Morgan fingerprint density at radius 3 is 2.40 bits per heavy atom. The summed E-state index contributed by atoms with van der Waals surface area (Å²) in [5.41, 5.74) is -0.0268. The van der Waals surface area contributed by atoms with Crippen LogP contribution < -0.4 is 0 Å². The first-order valence-corrected chi connectivity index (χ1v) is 10.5. The van der Waals surface area contributed by atoms with Gasteiger partial charge in [0.2, 0.25) is 0 Å².